The van der Waals surface area contributed by atoms with E-state index in [0.717, 1.165) is 48.6 Å². The summed E-state index contributed by atoms with van der Waals surface area (Å²) in [5.41, 5.74) is 3.01. The molecule has 3 aromatic rings. The number of aromatic nitrogens is 2. The number of hydrogen-bond donors (Lipinski definition) is 3. The van der Waals surface area contributed by atoms with Crippen molar-refractivity contribution < 1.29 is 9.18 Å². The van der Waals surface area contributed by atoms with Crippen LogP contribution in [0.25, 0.3) is 11.0 Å². The van der Waals surface area contributed by atoms with E-state index >= 15 is 0 Å². The van der Waals surface area contributed by atoms with Crippen LogP contribution in [0.3, 0.4) is 0 Å². The van der Waals surface area contributed by atoms with Crippen molar-refractivity contribution in [1.82, 2.24) is 24.5 Å². The van der Waals surface area contributed by atoms with Crippen LogP contribution in [0.2, 0.25) is 0 Å². The lowest BCUT2D eigenvalue weighted by Gasteiger charge is -2.18. The van der Waals surface area contributed by atoms with Crippen LogP contribution >= 0.6 is 11.9 Å². The smallest absolute Gasteiger partial charge is 0.324 e. The number of anilines is 1. The van der Waals surface area contributed by atoms with Crippen molar-refractivity contribution in [2.45, 2.75) is 19.0 Å². The van der Waals surface area contributed by atoms with Gasteiger partial charge in [-0.25, -0.2) is 14.2 Å². The van der Waals surface area contributed by atoms with Crippen molar-refractivity contribution >= 4 is 35.0 Å². The van der Waals surface area contributed by atoms with Gasteiger partial charge >= 0.3 is 6.03 Å². The first-order valence-corrected chi connectivity index (χ1v) is 11.6. The van der Waals surface area contributed by atoms with Crippen LogP contribution in [0.5, 0.6) is 0 Å². The van der Waals surface area contributed by atoms with Crippen LogP contribution in [0.15, 0.2) is 48.5 Å². The summed E-state index contributed by atoms with van der Waals surface area (Å²) in [4.78, 5) is 18.7. The van der Waals surface area contributed by atoms with Crippen LogP contribution in [0.4, 0.5) is 15.1 Å². The van der Waals surface area contributed by atoms with Gasteiger partial charge in [0.25, 0.3) is 0 Å². The topological polar surface area (TPSA) is 74.2 Å². The Kier molecular flexibility index (Phi) is 6.93. The number of imidazole rings is 1. The molecule has 0 aliphatic carbocycles. The van der Waals surface area contributed by atoms with E-state index in [9.17, 15) is 9.18 Å². The van der Waals surface area contributed by atoms with E-state index in [4.69, 9.17) is 4.98 Å². The molecule has 0 saturated carbocycles. The first-order valence-electron chi connectivity index (χ1n) is 10.4. The molecule has 3 N–H and O–H groups in total. The standard InChI is InChI=1S/C22H27FN6OS/c1-31-27-22(30)24-11-13-28-12-10-18(15-28)25-21-26-19-4-2-3-5-20(19)29(21)14-16-6-8-17(23)9-7-16/h2-9,18H,10-15H2,1H3,(H,25,26)(H2,24,27,30). The number of amides is 2. The highest BCUT2D eigenvalue weighted by atomic mass is 32.2. The van der Waals surface area contributed by atoms with Crippen molar-refractivity contribution in [1.29, 1.82) is 0 Å². The van der Waals surface area contributed by atoms with Crippen LogP contribution in [-0.2, 0) is 6.54 Å². The lowest BCUT2D eigenvalue weighted by Crippen LogP contribution is -2.38. The van der Waals surface area contributed by atoms with Crippen LogP contribution < -0.4 is 15.4 Å². The normalized spacial score (nSPS) is 16.5. The van der Waals surface area contributed by atoms with E-state index in [-0.39, 0.29) is 17.9 Å². The SMILES string of the molecule is CSNC(=O)NCCN1CCC(Nc2nc3ccccc3n2Cc2ccc(F)cc2)C1. The predicted octanol–water partition coefficient (Wildman–Crippen LogP) is 3.29. The molecule has 7 nitrogen and oxygen atoms in total. The van der Waals surface area contributed by atoms with Gasteiger partial charge in [0.05, 0.1) is 17.6 Å². The lowest BCUT2D eigenvalue weighted by molar-refractivity contribution is 0.244. The fourth-order valence-corrected chi connectivity index (χ4v) is 4.17. The highest BCUT2D eigenvalue weighted by molar-refractivity contribution is 7.97. The van der Waals surface area contributed by atoms with Gasteiger partial charge in [-0.1, -0.05) is 36.2 Å². The number of hydrogen-bond acceptors (Lipinski definition) is 5. The first kappa shape index (κ1) is 21.5. The number of likely N-dealkylation sites (tertiary alicyclic amines) is 1. The van der Waals surface area contributed by atoms with Gasteiger partial charge in [-0.05, 0) is 36.2 Å². The summed E-state index contributed by atoms with van der Waals surface area (Å²) in [5, 5.41) is 6.47. The maximum Gasteiger partial charge on any atom is 0.324 e. The summed E-state index contributed by atoms with van der Waals surface area (Å²) in [6.07, 6.45) is 2.83. The minimum absolute atomic E-state index is 0.157. The van der Waals surface area contributed by atoms with Crippen molar-refractivity contribution in [3.8, 4) is 0 Å². The molecule has 9 heteroatoms. The number of carbonyl (C=O) groups excluding carboxylic acids is 1. The Balaban J connectivity index is 1.41. The number of urea groups is 1. The Bertz CT molecular complexity index is 1020. The van der Waals surface area contributed by atoms with Crippen molar-refractivity contribution in [3.05, 3.63) is 59.9 Å². The number of fused-ring (bicyclic) bond motifs is 1. The number of para-hydroxylation sites is 2. The minimum Gasteiger partial charge on any atom is -0.352 e. The molecule has 31 heavy (non-hydrogen) atoms. The molecule has 0 bridgehead atoms. The summed E-state index contributed by atoms with van der Waals surface area (Å²) < 4.78 is 18.1. The number of benzene rings is 2. The highest BCUT2D eigenvalue weighted by Gasteiger charge is 2.24. The van der Waals surface area contributed by atoms with Crippen LogP contribution in [0, 0.1) is 5.82 Å². The van der Waals surface area contributed by atoms with Crippen molar-refractivity contribution in [2.24, 2.45) is 0 Å². The molecule has 1 aliphatic heterocycles. The molecule has 1 atom stereocenters. The second-order valence-electron chi connectivity index (χ2n) is 7.63. The Labute approximate surface area is 185 Å². The van der Waals surface area contributed by atoms with Gasteiger partial charge in [-0.15, -0.1) is 0 Å². The molecule has 0 radical (unpaired) electrons. The van der Waals surface area contributed by atoms with Crippen molar-refractivity contribution in [2.75, 3.05) is 37.8 Å². The molecule has 1 unspecified atom stereocenters. The molecule has 1 fully saturated rings. The summed E-state index contributed by atoms with van der Waals surface area (Å²) in [5.74, 6) is 0.596. The van der Waals surface area contributed by atoms with Gasteiger partial charge in [0.15, 0.2) is 0 Å². The van der Waals surface area contributed by atoms with Crippen LogP contribution in [-0.4, -0.2) is 59.0 Å². The highest BCUT2D eigenvalue weighted by Crippen LogP contribution is 2.23. The minimum atomic E-state index is -0.232. The summed E-state index contributed by atoms with van der Waals surface area (Å²) in [6, 6.07) is 14.8. The van der Waals surface area contributed by atoms with Gasteiger partial charge in [0.2, 0.25) is 5.95 Å². The number of nitrogens with zero attached hydrogens (tertiary/aromatic N) is 3. The van der Waals surface area contributed by atoms with E-state index in [1.807, 2.05) is 36.6 Å². The predicted molar refractivity (Wildman–Crippen MR) is 124 cm³/mol. The molecule has 2 aromatic carbocycles. The Morgan fingerprint density at radius 2 is 2.03 bits per heavy atom. The number of halogens is 1. The monoisotopic (exact) mass is 442 g/mol. The van der Waals surface area contributed by atoms with E-state index < -0.39 is 0 Å². The zero-order valence-electron chi connectivity index (χ0n) is 17.5. The third-order valence-electron chi connectivity index (χ3n) is 5.42. The average molecular weight is 443 g/mol. The Hall–Kier alpha value is -2.78. The van der Waals surface area contributed by atoms with Gasteiger partial charge in [0.1, 0.15) is 5.82 Å². The molecule has 2 amide bonds. The molecular formula is C22H27FN6OS. The quantitative estimate of drug-likeness (QED) is 0.467. The maximum atomic E-state index is 13.3. The summed E-state index contributed by atoms with van der Waals surface area (Å²) in [7, 11) is 0. The fraction of sp³-hybridized carbons (Fsp3) is 0.364. The van der Waals surface area contributed by atoms with Crippen LogP contribution in [0.1, 0.15) is 12.0 Å². The number of rotatable bonds is 8. The van der Waals surface area contributed by atoms with E-state index in [1.54, 1.807) is 0 Å². The molecule has 0 spiro atoms. The van der Waals surface area contributed by atoms with Gasteiger partial charge in [-0.2, -0.15) is 0 Å². The third kappa shape index (κ3) is 5.48. The van der Waals surface area contributed by atoms with Gasteiger partial charge in [0, 0.05) is 38.5 Å². The first-order chi connectivity index (χ1) is 15.1. The molecule has 1 saturated heterocycles. The summed E-state index contributed by atoms with van der Waals surface area (Å²) in [6.45, 7) is 3.91. The largest absolute Gasteiger partial charge is 0.352 e. The van der Waals surface area contributed by atoms with E-state index in [2.05, 4.69) is 30.9 Å². The van der Waals surface area contributed by atoms with E-state index in [1.165, 1.54) is 24.1 Å². The molecule has 4 rings (SSSR count). The Morgan fingerprint density at radius 1 is 1.23 bits per heavy atom. The average Bonchev–Trinajstić information content (AvgIpc) is 3.35. The molecule has 1 aliphatic rings. The van der Waals surface area contributed by atoms with E-state index in [0.29, 0.717) is 13.1 Å². The molecular weight excluding hydrogens is 415 g/mol. The van der Waals surface area contributed by atoms with Gasteiger partial charge < -0.3 is 15.2 Å². The second kappa shape index (κ2) is 10.0. The van der Waals surface area contributed by atoms with Gasteiger partial charge in [-0.3, -0.25) is 9.62 Å². The molecule has 1 aromatic heterocycles. The summed E-state index contributed by atoms with van der Waals surface area (Å²) >= 11 is 1.28. The third-order valence-corrected chi connectivity index (χ3v) is 5.81. The second-order valence-corrected chi connectivity index (χ2v) is 8.24. The number of nitrogens with one attached hydrogen (secondary N) is 3. The molecule has 164 valence electrons. The zero-order valence-corrected chi connectivity index (χ0v) is 18.3. The zero-order chi connectivity index (χ0) is 21.6. The fourth-order valence-electron chi connectivity index (χ4n) is 3.91. The molecule has 2 heterocycles. The maximum absolute atomic E-state index is 13.3. The number of carbonyl (C=O) groups is 1. The lowest BCUT2D eigenvalue weighted by atomic mass is 10.2. The van der Waals surface area contributed by atoms with Crippen molar-refractivity contribution in [3.63, 3.8) is 0 Å². The Morgan fingerprint density at radius 3 is 2.84 bits per heavy atom.